The second-order valence-corrected chi connectivity index (χ2v) is 6.99. The van der Waals surface area contributed by atoms with Gasteiger partial charge in [-0.3, -0.25) is 9.69 Å². The Bertz CT molecular complexity index is 529. The highest BCUT2D eigenvalue weighted by Crippen LogP contribution is 2.35. The van der Waals surface area contributed by atoms with Gasteiger partial charge in [-0.15, -0.1) is 0 Å². The number of piperidine rings is 1. The van der Waals surface area contributed by atoms with Crippen molar-refractivity contribution in [2.45, 2.75) is 31.0 Å². The third kappa shape index (κ3) is 3.51. The number of rotatable bonds is 3. The number of ether oxygens (including phenoxy) is 1. The Morgan fingerprint density at radius 1 is 1.41 bits per heavy atom. The maximum absolute atomic E-state index is 12.1. The monoisotopic (exact) mass is 368 g/mol. The summed E-state index contributed by atoms with van der Waals surface area (Å²) in [6.07, 6.45) is 2.22. The Hall–Kier alpha value is -0.950. The lowest BCUT2D eigenvalue weighted by Crippen LogP contribution is -2.56. The fourth-order valence-corrected chi connectivity index (χ4v) is 3.54. The molecule has 1 amide bonds. The fraction of sp³-hybridized carbons (Fsp3) is 0.562. The van der Waals surface area contributed by atoms with Crippen molar-refractivity contribution in [1.82, 2.24) is 4.90 Å². The Kier molecular flexibility index (Phi) is 4.82. The van der Waals surface area contributed by atoms with Crippen molar-refractivity contribution >= 4 is 27.5 Å². The van der Waals surface area contributed by atoms with Crippen molar-refractivity contribution in [3.8, 4) is 0 Å². The molecule has 1 spiro atoms. The number of hydrogen-bond acceptors (Lipinski definition) is 4. The topological polar surface area (TPSA) is 61.8 Å². The van der Waals surface area contributed by atoms with Crippen LogP contribution < -0.4 is 5.32 Å². The molecular weight excluding hydrogens is 348 g/mol. The van der Waals surface area contributed by atoms with E-state index in [-0.39, 0.29) is 11.5 Å². The van der Waals surface area contributed by atoms with Crippen LogP contribution in [-0.4, -0.2) is 53.9 Å². The summed E-state index contributed by atoms with van der Waals surface area (Å²) in [5.41, 5.74) is 0.417. The first-order chi connectivity index (χ1) is 10.6. The molecule has 0 unspecified atom stereocenters. The number of hydrogen-bond donors (Lipinski definition) is 2. The van der Waals surface area contributed by atoms with Crippen molar-refractivity contribution in [2.24, 2.45) is 0 Å². The summed E-state index contributed by atoms with van der Waals surface area (Å²) in [4.78, 5) is 14.1. The molecule has 3 rings (SSSR count). The number of benzene rings is 1. The molecule has 0 aromatic heterocycles. The van der Waals surface area contributed by atoms with Gasteiger partial charge in [0, 0.05) is 29.9 Å². The van der Waals surface area contributed by atoms with Crippen LogP contribution in [0.2, 0.25) is 0 Å². The Morgan fingerprint density at radius 3 is 2.82 bits per heavy atom. The molecule has 1 aromatic rings. The lowest BCUT2D eigenvalue weighted by atomic mass is 9.86. The number of aliphatic hydroxyl groups is 1. The summed E-state index contributed by atoms with van der Waals surface area (Å²) >= 11 is 3.37. The molecule has 0 saturated carbocycles. The van der Waals surface area contributed by atoms with E-state index in [0.717, 1.165) is 42.6 Å². The normalized spacial score (nSPS) is 28.9. The van der Waals surface area contributed by atoms with Crippen LogP contribution in [0.3, 0.4) is 0 Å². The van der Waals surface area contributed by atoms with Crippen molar-refractivity contribution in [3.05, 3.63) is 28.7 Å². The van der Waals surface area contributed by atoms with E-state index in [1.165, 1.54) is 0 Å². The first kappa shape index (κ1) is 15.9. The van der Waals surface area contributed by atoms with Crippen molar-refractivity contribution in [3.63, 3.8) is 0 Å². The zero-order valence-corrected chi connectivity index (χ0v) is 14.0. The summed E-state index contributed by atoms with van der Waals surface area (Å²) in [5, 5.41) is 13.2. The molecule has 120 valence electrons. The summed E-state index contributed by atoms with van der Waals surface area (Å²) < 4.78 is 6.75. The van der Waals surface area contributed by atoms with Crippen molar-refractivity contribution in [1.29, 1.82) is 0 Å². The third-order valence-corrected chi connectivity index (χ3v) is 5.05. The molecule has 2 fully saturated rings. The van der Waals surface area contributed by atoms with Gasteiger partial charge in [0.2, 0.25) is 5.91 Å². The molecule has 2 heterocycles. The highest BCUT2D eigenvalue weighted by molar-refractivity contribution is 9.10. The van der Waals surface area contributed by atoms with Gasteiger partial charge in [0.05, 0.1) is 18.2 Å². The van der Waals surface area contributed by atoms with E-state index in [0.29, 0.717) is 13.1 Å². The van der Waals surface area contributed by atoms with Gasteiger partial charge >= 0.3 is 0 Å². The summed E-state index contributed by atoms with van der Waals surface area (Å²) in [7, 11) is 0. The average molecular weight is 369 g/mol. The molecule has 2 saturated heterocycles. The summed E-state index contributed by atoms with van der Waals surface area (Å²) in [6.45, 7) is 2.31. The van der Waals surface area contributed by atoms with Gasteiger partial charge in [0.1, 0.15) is 0 Å². The number of nitrogens with one attached hydrogen (secondary N) is 1. The number of carbonyl (C=O) groups excluding carboxylic acids is 1. The molecule has 2 atom stereocenters. The molecule has 2 aliphatic rings. The summed E-state index contributed by atoms with van der Waals surface area (Å²) in [5.74, 6) is -0.0576. The molecule has 6 heteroatoms. The SMILES string of the molecule is O=C(CN1CC[C@@]2(CCCO2)[C@@H](O)C1)Nc1ccc(Br)cc1. The number of amides is 1. The largest absolute Gasteiger partial charge is 0.389 e. The molecule has 0 aliphatic carbocycles. The number of nitrogens with zero attached hydrogens (tertiary/aromatic N) is 1. The van der Waals surface area contributed by atoms with E-state index in [4.69, 9.17) is 4.74 Å². The van der Waals surface area contributed by atoms with Gasteiger partial charge in [-0.1, -0.05) is 15.9 Å². The van der Waals surface area contributed by atoms with Gasteiger partial charge in [-0.05, 0) is 43.5 Å². The molecule has 2 N–H and O–H groups in total. The first-order valence-corrected chi connectivity index (χ1v) is 8.46. The lowest BCUT2D eigenvalue weighted by molar-refractivity contribution is -0.135. The number of likely N-dealkylation sites (tertiary alicyclic amines) is 1. The molecule has 0 bridgehead atoms. The van der Waals surface area contributed by atoms with Crippen molar-refractivity contribution < 1.29 is 14.6 Å². The van der Waals surface area contributed by atoms with E-state index in [2.05, 4.69) is 21.2 Å². The standard InChI is InChI=1S/C16H21BrN2O3/c17-12-2-4-13(5-3-12)18-15(21)11-19-8-7-16(14(20)10-19)6-1-9-22-16/h2-5,14,20H,1,6-11H2,(H,18,21)/t14-,16-/m0/s1. The van der Waals surface area contributed by atoms with Crippen LogP contribution in [0.1, 0.15) is 19.3 Å². The molecule has 22 heavy (non-hydrogen) atoms. The van der Waals surface area contributed by atoms with E-state index in [9.17, 15) is 9.90 Å². The van der Waals surface area contributed by atoms with Crippen LogP contribution in [0, 0.1) is 0 Å². The number of anilines is 1. The smallest absolute Gasteiger partial charge is 0.238 e. The molecule has 2 aliphatic heterocycles. The number of β-amino-alcohol motifs (C(OH)–C–C–N with tert-alkyl or cyclic N) is 1. The van der Waals surface area contributed by atoms with E-state index >= 15 is 0 Å². The summed E-state index contributed by atoms with van der Waals surface area (Å²) in [6, 6.07) is 7.49. The first-order valence-electron chi connectivity index (χ1n) is 7.67. The molecule has 0 radical (unpaired) electrons. The van der Waals surface area contributed by atoms with Gasteiger partial charge in [0.15, 0.2) is 0 Å². The minimum atomic E-state index is -0.510. The number of carbonyl (C=O) groups is 1. The van der Waals surface area contributed by atoms with Crippen molar-refractivity contribution in [2.75, 3.05) is 31.6 Å². The van der Waals surface area contributed by atoms with Gasteiger partial charge < -0.3 is 15.2 Å². The second kappa shape index (κ2) is 6.66. The predicted molar refractivity (Wildman–Crippen MR) is 87.8 cm³/mol. The van der Waals surface area contributed by atoms with Gasteiger partial charge in [0.25, 0.3) is 0 Å². The number of aliphatic hydroxyl groups excluding tert-OH is 1. The van der Waals surface area contributed by atoms with Crippen LogP contribution in [0.5, 0.6) is 0 Å². The van der Waals surface area contributed by atoms with Gasteiger partial charge in [-0.2, -0.15) is 0 Å². The second-order valence-electron chi connectivity index (χ2n) is 6.07. The van der Waals surface area contributed by atoms with Gasteiger partial charge in [-0.25, -0.2) is 0 Å². The highest BCUT2D eigenvalue weighted by Gasteiger charge is 2.45. The average Bonchev–Trinajstić information content (AvgIpc) is 2.96. The maximum Gasteiger partial charge on any atom is 0.238 e. The Morgan fingerprint density at radius 2 is 2.18 bits per heavy atom. The fourth-order valence-electron chi connectivity index (χ4n) is 3.28. The zero-order chi connectivity index (χ0) is 15.6. The Labute approximate surface area is 138 Å². The van der Waals surface area contributed by atoms with Crippen LogP contribution >= 0.6 is 15.9 Å². The predicted octanol–water partition coefficient (Wildman–Crippen LogP) is 2.00. The molecule has 5 nitrogen and oxygen atoms in total. The van der Waals surface area contributed by atoms with Crippen LogP contribution in [0.25, 0.3) is 0 Å². The van der Waals surface area contributed by atoms with E-state index in [1.807, 2.05) is 29.2 Å². The minimum Gasteiger partial charge on any atom is -0.389 e. The minimum absolute atomic E-state index is 0.0576. The highest BCUT2D eigenvalue weighted by atomic mass is 79.9. The quantitative estimate of drug-likeness (QED) is 0.856. The van der Waals surface area contributed by atoms with E-state index < -0.39 is 6.10 Å². The Balaban J connectivity index is 1.51. The van der Waals surface area contributed by atoms with E-state index in [1.54, 1.807) is 0 Å². The zero-order valence-electron chi connectivity index (χ0n) is 12.4. The van der Waals surface area contributed by atoms with Crippen LogP contribution in [0.15, 0.2) is 28.7 Å². The maximum atomic E-state index is 12.1. The van der Waals surface area contributed by atoms with Crippen LogP contribution in [0.4, 0.5) is 5.69 Å². The molecular formula is C16H21BrN2O3. The third-order valence-electron chi connectivity index (χ3n) is 4.52. The molecule has 1 aromatic carbocycles. The van der Waals surface area contributed by atoms with Crippen LogP contribution in [-0.2, 0) is 9.53 Å². The lowest BCUT2D eigenvalue weighted by Gasteiger charge is -2.42. The number of halogens is 1.